The lowest BCUT2D eigenvalue weighted by Gasteiger charge is -2.11. The number of rotatable bonds is 2. The summed E-state index contributed by atoms with van der Waals surface area (Å²) in [4.78, 5) is 0. The van der Waals surface area contributed by atoms with Crippen LogP contribution in [0.4, 0.5) is 4.39 Å². The lowest BCUT2D eigenvalue weighted by Crippen LogP contribution is -1.97. The van der Waals surface area contributed by atoms with Gasteiger partial charge in [0.25, 0.3) is 0 Å². The Morgan fingerprint density at radius 1 is 0.905 bits per heavy atom. The first-order valence-electron chi connectivity index (χ1n) is 7.30. The second kappa shape index (κ2) is 4.68. The summed E-state index contributed by atoms with van der Waals surface area (Å²) in [6, 6.07) is 15.8. The Labute approximate surface area is 123 Å². The molecule has 0 heterocycles. The van der Waals surface area contributed by atoms with Crippen LogP contribution in [0.15, 0.2) is 48.5 Å². The van der Waals surface area contributed by atoms with Crippen molar-refractivity contribution in [2.24, 2.45) is 5.73 Å². The van der Waals surface area contributed by atoms with Crippen LogP contribution < -0.4 is 5.73 Å². The molecule has 0 fully saturated rings. The van der Waals surface area contributed by atoms with Gasteiger partial charge >= 0.3 is 0 Å². The molecular weight excluding hydrogens is 261 g/mol. The third-order valence-corrected chi connectivity index (χ3v) is 4.44. The molecule has 0 unspecified atom stereocenters. The fraction of sp³-hybridized carbons (Fsp3) is 0.158. The summed E-state index contributed by atoms with van der Waals surface area (Å²) in [5.74, 6) is -0.198. The molecule has 0 bridgehead atoms. The van der Waals surface area contributed by atoms with E-state index in [1.165, 1.54) is 16.5 Å². The Balaban J connectivity index is 2.00. The molecule has 104 valence electrons. The molecule has 2 N–H and O–H groups in total. The maximum atomic E-state index is 14.4. The molecule has 21 heavy (non-hydrogen) atoms. The topological polar surface area (TPSA) is 26.0 Å². The minimum absolute atomic E-state index is 0.198. The molecule has 1 aliphatic rings. The van der Waals surface area contributed by atoms with Crippen LogP contribution in [0.5, 0.6) is 0 Å². The maximum absolute atomic E-state index is 14.4. The van der Waals surface area contributed by atoms with Gasteiger partial charge in [-0.25, -0.2) is 4.39 Å². The minimum atomic E-state index is -0.198. The van der Waals surface area contributed by atoms with Gasteiger partial charge in [0.2, 0.25) is 0 Å². The van der Waals surface area contributed by atoms with Crippen LogP contribution in [0.25, 0.3) is 21.9 Å². The van der Waals surface area contributed by atoms with E-state index >= 15 is 0 Å². The molecule has 3 aromatic carbocycles. The molecule has 1 aliphatic carbocycles. The third-order valence-electron chi connectivity index (χ3n) is 4.44. The van der Waals surface area contributed by atoms with Crippen LogP contribution in [-0.2, 0) is 19.4 Å². The molecule has 0 saturated carbocycles. The highest BCUT2D eigenvalue weighted by atomic mass is 19.1. The fourth-order valence-electron chi connectivity index (χ4n) is 3.39. The van der Waals surface area contributed by atoms with Crippen molar-refractivity contribution in [3.8, 4) is 11.1 Å². The number of hydrogen-bond acceptors (Lipinski definition) is 1. The van der Waals surface area contributed by atoms with Crippen molar-refractivity contribution in [1.29, 1.82) is 0 Å². The standard InChI is InChI=1S/C19H16FN/c20-18-10-12(11-21)4-8-16(18)15-9-7-14-6-5-13-2-1-3-17(15)19(13)14/h1-4,7-10H,5-6,11,21H2. The highest BCUT2D eigenvalue weighted by molar-refractivity contribution is 6.01. The molecule has 0 saturated heterocycles. The SMILES string of the molecule is NCc1ccc(-c2ccc3c4c(cccc24)CC3)c(F)c1. The smallest absolute Gasteiger partial charge is 0.131 e. The molecule has 4 rings (SSSR count). The van der Waals surface area contributed by atoms with E-state index in [1.807, 2.05) is 18.2 Å². The van der Waals surface area contributed by atoms with Gasteiger partial charge in [-0.15, -0.1) is 0 Å². The van der Waals surface area contributed by atoms with Gasteiger partial charge in [0.15, 0.2) is 0 Å². The highest BCUT2D eigenvalue weighted by Gasteiger charge is 2.17. The van der Waals surface area contributed by atoms with Gasteiger partial charge in [-0.05, 0) is 51.9 Å². The van der Waals surface area contributed by atoms with Crippen LogP contribution in [0.1, 0.15) is 16.7 Å². The van der Waals surface area contributed by atoms with Crippen molar-refractivity contribution in [1.82, 2.24) is 0 Å². The summed E-state index contributed by atoms with van der Waals surface area (Å²) in [6.07, 6.45) is 2.18. The van der Waals surface area contributed by atoms with E-state index in [0.717, 1.165) is 29.4 Å². The lowest BCUT2D eigenvalue weighted by molar-refractivity contribution is 0.629. The van der Waals surface area contributed by atoms with E-state index in [-0.39, 0.29) is 5.82 Å². The first-order chi connectivity index (χ1) is 10.3. The minimum Gasteiger partial charge on any atom is -0.326 e. The Bertz CT molecular complexity index is 841. The normalized spacial score (nSPS) is 13.0. The van der Waals surface area contributed by atoms with Crippen LogP contribution in [0.2, 0.25) is 0 Å². The van der Waals surface area contributed by atoms with Gasteiger partial charge in [-0.3, -0.25) is 0 Å². The highest BCUT2D eigenvalue weighted by Crippen LogP contribution is 2.37. The van der Waals surface area contributed by atoms with Gasteiger partial charge in [0, 0.05) is 12.1 Å². The molecular formula is C19H16FN. The van der Waals surface area contributed by atoms with Gasteiger partial charge in [-0.2, -0.15) is 0 Å². The zero-order chi connectivity index (χ0) is 14.4. The van der Waals surface area contributed by atoms with Crippen LogP contribution >= 0.6 is 0 Å². The number of halogens is 1. The Hall–Kier alpha value is -2.19. The van der Waals surface area contributed by atoms with Gasteiger partial charge in [-0.1, -0.05) is 42.5 Å². The zero-order valence-electron chi connectivity index (χ0n) is 11.7. The molecule has 0 atom stereocenters. The van der Waals surface area contributed by atoms with E-state index in [9.17, 15) is 4.39 Å². The molecule has 3 aromatic rings. The molecule has 1 nitrogen and oxygen atoms in total. The average molecular weight is 277 g/mol. The van der Waals surface area contributed by atoms with Crippen molar-refractivity contribution in [2.45, 2.75) is 19.4 Å². The Morgan fingerprint density at radius 2 is 1.67 bits per heavy atom. The molecule has 2 heteroatoms. The van der Waals surface area contributed by atoms with Crippen LogP contribution in [0, 0.1) is 5.82 Å². The van der Waals surface area contributed by atoms with Gasteiger partial charge < -0.3 is 5.73 Å². The van der Waals surface area contributed by atoms with E-state index in [4.69, 9.17) is 5.73 Å². The second-order valence-corrected chi connectivity index (χ2v) is 5.63. The summed E-state index contributed by atoms with van der Waals surface area (Å²) < 4.78 is 14.4. The number of nitrogens with two attached hydrogens (primary N) is 1. The Kier molecular flexibility index (Phi) is 2.79. The van der Waals surface area contributed by atoms with Crippen molar-refractivity contribution in [3.05, 3.63) is 71.0 Å². The maximum Gasteiger partial charge on any atom is 0.131 e. The third kappa shape index (κ3) is 1.87. The van der Waals surface area contributed by atoms with Crippen molar-refractivity contribution < 1.29 is 4.39 Å². The predicted octanol–water partition coefficient (Wildman–Crippen LogP) is 4.20. The number of benzene rings is 3. The monoisotopic (exact) mass is 277 g/mol. The summed E-state index contributed by atoms with van der Waals surface area (Å²) in [7, 11) is 0. The van der Waals surface area contributed by atoms with Crippen LogP contribution in [0.3, 0.4) is 0 Å². The first-order valence-corrected chi connectivity index (χ1v) is 7.30. The number of aryl methyl sites for hydroxylation is 2. The zero-order valence-corrected chi connectivity index (χ0v) is 11.7. The van der Waals surface area contributed by atoms with Gasteiger partial charge in [0.05, 0.1) is 0 Å². The first kappa shape index (κ1) is 12.5. The van der Waals surface area contributed by atoms with Crippen LogP contribution in [-0.4, -0.2) is 0 Å². The molecule has 0 aliphatic heterocycles. The van der Waals surface area contributed by atoms with Gasteiger partial charge in [0.1, 0.15) is 5.82 Å². The van der Waals surface area contributed by atoms with Crippen molar-refractivity contribution in [3.63, 3.8) is 0 Å². The summed E-state index contributed by atoms with van der Waals surface area (Å²) in [6.45, 7) is 0.362. The fourth-order valence-corrected chi connectivity index (χ4v) is 3.39. The van der Waals surface area contributed by atoms with Crippen molar-refractivity contribution >= 4 is 10.8 Å². The van der Waals surface area contributed by atoms with E-state index in [2.05, 4.69) is 24.3 Å². The molecule has 0 radical (unpaired) electrons. The summed E-state index contributed by atoms with van der Waals surface area (Å²) >= 11 is 0. The molecule has 0 amide bonds. The summed E-state index contributed by atoms with van der Waals surface area (Å²) in [5, 5.41) is 2.47. The average Bonchev–Trinajstić information content (AvgIpc) is 2.93. The molecule has 0 aromatic heterocycles. The van der Waals surface area contributed by atoms with E-state index in [1.54, 1.807) is 6.07 Å². The van der Waals surface area contributed by atoms with E-state index in [0.29, 0.717) is 12.1 Å². The lowest BCUT2D eigenvalue weighted by atomic mass is 9.94. The molecule has 0 spiro atoms. The Morgan fingerprint density at radius 3 is 2.43 bits per heavy atom. The second-order valence-electron chi connectivity index (χ2n) is 5.63. The quantitative estimate of drug-likeness (QED) is 0.746. The van der Waals surface area contributed by atoms with E-state index < -0.39 is 0 Å². The number of hydrogen-bond donors (Lipinski definition) is 1. The largest absolute Gasteiger partial charge is 0.326 e. The summed E-state index contributed by atoms with van der Waals surface area (Å²) in [5.41, 5.74) is 10.8. The van der Waals surface area contributed by atoms with Crippen molar-refractivity contribution in [2.75, 3.05) is 0 Å². The predicted molar refractivity (Wildman–Crippen MR) is 84.6 cm³/mol.